The zero-order chi connectivity index (χ0) is 22.8. The summed E-state index contributed by atoms with van der Waals surface area (Å²) in [6.07, 6.45) is 1.93. The minimum Gasteiger partial charge on any atom is -0.507 e. The maximum Gasteiger partial charge on any atom is 0.142 e. The Morgan fingerprint density at radius 2 is 1.45 bits per heavy atom. The van der Waals surface area contributed by atoms with E-state index < -0.39 is 0 Å². The molecule has 0 atom stereocenters. The molecule has 0 saturated carbocycles. The minimum atomic E-state index is -0.145. The first-order valence-corrected chi connectivity index (χ1v) is 11.1. The molecule has 5 heteroatoms. The lowest BCUT2D eigenvalue weighted by Gasteiger charge is -2.35. The predicted octanol–water partition coefficient (Wildman–Crippen LogP) is 5.15. The van der Waals surface area contributed by atoms with Gasteiger partial charge in [-0.2, -0.15) is 5.10 Å². The van der Waals surface area contributed by atoms with Crippen LogP contribution >= 0.6 is 0 Å². The van der Waals surface area contributed by atoms with Crippen molar-refractivity contribution in [2.75, 3.05) is 38.2 Å². The average molecular weight is 424 g/mol. The van der Waals surface area contributed by atoms with E-state index in [4.69, 9.17) is 9.84 Å². The van der Waals surface area contributed by atoms with Gasteiger partial charge in [0.15, 0.2) is 0 Å². The van der Waals surface area contributed by atoms with Crippen molar-refractivity contribution in [2.45, 2.75) is 52.4 Å². The fourth-order valence-electron chi connectivity index (χ4n) is 3.97. The first-order chi connectivity index (χ1) is 14.5. The third-order valence-corrected chi connectivity index (χ3v) is 5.80. The van der Waals surface area contributed by atoms with Gasteiger partial charge in [0, 0.05) is 24.2 Å². The van der Waals surface area contributed by atoms with E-state index in [0.29, 0.717) is 5.75 Å². The number of piperazine rings is 1. The predicted molar refractivity (Wildman–Crippen MR) is 130 cm³/mol. The maximum atomic E-state index is 10.9. The van der Waals surface area contributed by atoms with Crippen LogP contribution in [0.15, 0.2) is 41.5 Å². The Hall–Kier alpha value is -2.69. The number of hydrazone groups is 1. The Morgan fingerprint density at radius 1 is 0.903 bits per heavy atom. The molecule has 0 aromatic heterocycles. The quantitative estimate of drug-likeness (QED) is 0.691. The Bertz CT molecular complexity index is 895. The van der Waals surface area contributed by atoms with Crippen molar-refractivity contribution in [3.63, 3.8) is 0 Å². The zero-order valence-electron chi connectivity index (χ0n) is 20.1. The third kappa shape index (κ3) is 5.33. The van der Waals surface area contributed by atoms with Crippen LogP contribution in [-0.4, -0.2) is 49.6 Å². The van der Waals surface area contributed by atoms with Gasteiger partial charge in [0.2, 0.25) is 0 Å². The molecule has 0 spiro atoms. The van der Waals surface area contributed by atoms with Crippen molar-refractivity contribution in [3.8, 4) is 11.5 Å². The highest BCUT2D eigenvalue weighted by Gasteiger charge is 2.26. The summed E-state index contributed by atoms with van der Waals surface area (Å²) in [7, 11) is 1.72. The largest absolute Gasteiger partial charge is 0.507 e. The Morgan fingerprint density at radius 3 is 1.97 bits per heavy atom. The third-order valence-electron chi connectivity index (χ3n) is 5.80. The lowest BCUT2D eigenvalue weighted by molar-refractivity contribution is 0.271. The summed E-state index contributed by atoms with van der Waals surface area (Å²) in [6, 6.07) is 12.3. The fourth-order valence-corrected chi connectivity index (χ4v) is 3.97. The Balaban J connectivity index is 1.77. The number of rotatable bonds is 4. The highest BCUT2D eigenvalue weighted by atomic mass is 16.5. The normalized spacial score (nSPS) is 15.6. The zero-order valence-corrected chi connectivity index (χ0v) is 20.1. The Labute approximate surface area is 187 Å². The van der Waals surface area contributed by atoms with E-state index in [-0.39, 0.29) is 10.8 Å². The van der Waals surface area contributed by atoms with Crippen molar-refractivity contribution in [3.05, 3.63) is 53.1 Å². The highest BCUT2D eigenvalue weighted by molar-refractivity contribution is 5.81. The number of nitrogens with zero attached hydrogens (tertiary/aromatic N) is 3. The number of methoxy groups -OCH3 is 1. The Kier molecular flexibility index (Phi) is 6.54. The van der Waals surface area contributed by atoms with E-state index in [0.717, 1.165) is 54.3 Å². The van der Waals surface area contributed by atoms with E-state index in [9.17, 15) is 5.11 Å². The molecule has 2 aromatic rings. The van der Waals surface area contributed by atoms with Crippen LogP contribution in [0.1, 0.15) is 58.2 Å². The van der Waals surface area contributed by atoms with E-state index in [1.54, 1.807) is 7.11 Å². The van der Waals surface area contributed by atoms with Crippen molar-refractivity contribution in [1.82, 2.24) is 5.01 Å². The van der Waals surface area contributed by atoms with E-state index in [2.05, 4.69) is 69.7 Å². The summed E-state index contributed by atoms with van der Waals surface area (Å²) in [5.41, 5.74) is 3.80. The highest BCUT2D eigenvalue weighted by Crippen LogP contribution is 2.39. The number of hydrogen-bond donors (Lipinski definition) is 1. The van der Waals surface area contributed by atoms with E-state index >= 15 is 0 Å². The summed E-state index contributed by atoms with van der Waals surface area (Å²) >= 11 is 0. The van der Waals surface area contributed by atoms with Gasteiger partial charge >= 0.3 is 0 Å². The molecule has 1 fully saturated rings. The van der Waals surface area contributed by atoms with Gasteiger partial charge in [0.05, 0.1) is 32.1 Å². The molecule has 31 heavy (non-hydrogen) atoms. The molecule has 0 bridgehead atoms. The number of benzene rings is 2. The minimum absolute atomic E-state index is 0.145. The van der Waals surface area contributed by atoms with Gasteiger partial charge in [-0.15, -0.1) is 0 Å². The number of aromatic hydroxyl groups is 1. The molecule has 1 N–H and O–H groups in total. The molecule has 5 nitrogen and oxygen atoms in total. The number of phenolic OH excluding ortho intramolecular Hbond substituents is 1. The van der Waals surface area contributed by atoms with Gasteiger partial charge in [-0.25, -0.2) is 0 Å². The molecule has 168 valence electrons. The summed E-state index contributed by atoms with van der Waals surface area (Å²) in [5.74, 6) is 1.32. The number of phenols is 1. The molecule has 2 aromatic carbocycles. The summed E-state index contributed by atoms with van der Waals surface area (Å²) in [5, 5.41) is 17.8. The van der Waals surface area contributed by atoms with Crippen LogP contribution in [0.5, 0.6) is 11.5 Å². The molecule has 3 rings (SSSR count). The molecule has 1 aliphatic heterocycles. The lowest BCUT2D eigenvalue weighted by atomic mass is 9.78. The molecule has 0 radical (unpaired) electrons. The van der Waals surface area contributed by atoms with Gasteiger partial charge in [-0.05, 0) is 40.7 Å². The second-order valence-corrected chi connectivity index (χ2v) is 10.3. The number of ether oxygens (including phenoxy) is 1. The average Bonchev–Trinajstić information content (AvgIpc) is 2.71. The summed E-state index contributed by atoms with van der Waals surface area (Å²) in [6.45, 7) is 16.3. The monoisotopic (exact) mass is 423 g/mol. The second-order valence-electron chi connectivity index (χ2n) is 10.3. The SMILES string of the molecule is COc1ccccc1N1CCN(/N=C\c2cc(C(C)(C)C)c(O)c(C(C)(C)C)c2)CC1. The maximum absolute atomic E-state index is 10.9. The number of hydrogen-bond acceptors (Lipinski definition) is 5. The molecular formula is C26H37N3O2. The van der Waals surface area contributed by atoms with Crippen LogP contribution in [0, 0.1) is 0 Å². The van der Waals surface area contributed by atoms with E-state index in [1.807, 2.05) is 24.4 Å². The van der Waals surface area contributed by atoms with Crippen molar-refractivity contribution >= 4 is 11.9 Å². The van der Waals surface area contributed by atoms with Gasteiger partial charge in [0.25, 0.3) is 0 Å². The second kappa shape index (κ2) is 8.81. The van der Waals surface area contributed by atoms with Crippen molar-refractivity contribution in [2.24, 2.45) is 5.10 Å². The smallest absolute Gasteiger partial charge is 0.142 e. The molecule has 0 amide bonds. The molecule has 1 saturated heterocycles. The molecule has 1 heterocycles. The van der Waals surface area contributed by atoms with Gasteiger partial charge < -0.3 is 14.7 Å². The fraction of sp³-hybridized carbons (Fsp3) is 0.500. The van der Waals surface area contributed by atoms with Crippen LogP contribution in [-0.2, 0) is 10.8 Å². The first kappa shape index (κ1) is 23.0. The van der Waals surface area contributed by atoms with Gasteiger partial charge in [-0.3, -0.25) is 5.01 Å². The van der Waals surface area contributed by atoms with Crippen molar-refractivity contribution in [1.29, 1.82) is 0 Å². The number of para-hydroxylation sites is 2. The molecular weight excluding hydrogens is 386 g/mol. The standard InChI is InChI=1S/C26H37N3O2/c1-25(2,3)20-16-19(17-21(24(20)30)26(4,5)6)18-27-29-14-12-28(13-15-29)22-10-8-9-11-23(22)31-7/h8-11,16-18,30H,12-15H2,1-7H3/b27-18-. The molecule has 1 aliphatic rings. The number of anilines is 1. The van der Waals surface area contributed by atoms with Crippen LogP contribution in [0.3, 0.4) is 0 Å². The molecule has 0 aliphatic carbocycles. The summed E-state index contributed by atoms with van der Waals surface area (Å²) < 4.78 is 5.51. The van der Waals surface area contributed by atoms with Gasteiger partial charge in [0.1, 0.15) is 11.5 Å². The molecule has 0 unspecified atom stereocenters. The van der Waals surface area contributed by atoms with Crippen LogP contribution < -0.4 is 9.64 Å². The van der Waals surface area contributed by atoms with E-state index in [1.165, 1.54) is 0 Å². The van der Waals surface area contributed by atoms with Crippen LogP contribution in [0.25, 0.3) is 0 Å². The summed E-state index contributed by atoms with van der Waals surface area (Å²) in [4.78, 5) is 2.35. The topological polar surface area (TPSA) is 48.3 Å². The van der Waals surface area contributed by atoms with Gasteiger partial charge in [-0.1, -0.05) is 53.7 Å². The van der Waals surface area contributed by atoms with Crippen LogP contribution in [0.4, 0.5) is 5.69 Å². The van der Waals surface area contributed by atoms with Crippen LogP contribution in [0.2, 0.25) is 0 Å². The first-order valence-electron chi connectivity index (χ1n) is 11.1. The van der Waals surface area contributed by atoms with Crippen molar-refractivity contribution < 1.29 is 9.84 Å². The lowest BCUT2D eigenvalue weighted by Crippen LogP contribution is -2.44.